The van der Waals surface area contributed by atoms with Crippen LogP contribution < -0.4 is 0 Å². The predicted molar refractivity (Wildman–Crippen MR) is 68.2 cm³/mol. The Labute approximate surface area is 107 Å². The molecule has 18 heavy (non-hydrogen) atoms. The van der Waals surface area contributed by atoms with Crippen LogP contribution in [0, 0.1) is 23.2 Å². The Hall–Kier alpha value is -1.31. The van der Waals surface area contributed by atoms with Gasteiger partial charge in [-0.1, -0.05) is 30.3 Å². The molecular weight excluding hydrogens is 224 g/mol. The number of fused-ring (bicyclic) bond motifs is 1. The first-order valence-electron chi connectivity index (χ1n) is 6.99. The van der Waals surface area contributed by atoms with Crippen molar-refractivity contribution >= 4 is 5.97 Å². The van der Waals surface area contributed by atoms with Gasteiger partial charge in [-0.25, -0.2) is 0 Å². The van der Waals surface area contributed by atoms with Crippen LogP contribution in [0.1, 0.15) is 37.2 Å². The summed E-state index contributed by atoms with van der Waals surface area (Å²) in [6.45, 7) is 0. The van der Waals surface area contributed by atoms with Crippen molar-refractivity contribution in [1.29, 1.82) is 0 Å². The molecule has 0 saturated heterocycles. The van der Waals surface area contributed by atoms with Crippen LogP contribution in [0.25, 0.3) is 0 Å². The van der Waals surface area contributed by atoms with E-state index in [1.54, 1.807) is 0 Å². The quantitative estimate of drug-likeness (QED) is 0.883. The lowest BCUT2D eigenvalue weighted by molar-refractivity contribution is -0.150. The molecule has 3 fully saturated rings. The van der Waals surface area contributed by atoms with E-state index in [0.717, 1.165) is 31.1 Å². The van der Waals surface area contributed by atoms with E-state index in [9.17, 15) is 9.90 Å². The molecule has 4 unspecified atom stereocenters. The highest BCUT2D eigenvalue weighted by atomic mass is 16.4. The fraction of sp³-hybridized carbons (Fsp3) is 0.562. The molecule has 2 nitrogen and oxygen atoms in total. The van der Waals surface area contributed by atoms with Gasteiger partial charge in [-0.15, -0.1) is 0 Å². The lowest BCUT2D eigenvalue weighted by Crippen LogP contribution is -2.32. The number of rotatable bonds is 3. The van der Waals surface area contributed by atoms with Gasteiger partial charge in [0, 0.05) is 0 Å². The fourth-order valence-electron chi connectivity index (χ4n) is 4.34. The van der Waals surface area contributed by atoms with E-state index >= 15 is 0 Å². The standard InChI is InChI=1S/C16H18O2/c17-15(18)16(8-11-6-12(11)9-16)14-7-13(14)10-4-2-1-3-5-10/h1-5,11-14H,6-9H2,(H,17,18). The van der Waals surface area contributed by atoms with Crippen molar-refractivity contribution in [3.8, 4) is 0 Å². The van der Waals surface area contributed by atoms with Crippen LogP contribution in [-0.4, -0.2) is 11.1 Å². The molecule has 4 rings (SSSR count). The van der Waals surface area contributed by atoms with E-state index < -0.39 is 5.97 Å². The first-order valence-corrected chi connectivity index (χ1v) is 6.99. The Kier molecular flexibility index (Phi) is 1.98. The predicted octanol–water partition coefficient (Wildman–Crippen LogP) is 3.29. The van der Waals surface area contributed by atoms with E-state index in [4.69, 9.17) is 0 Å². The van der Waals surface area contributed by atoms with E-state index in [-0.39, 0.29) is 5.41 Å². The third kappa shape index (κ3) is 1.38. The van der Waals surface area contributed by atoms with Crippen LogP contribution in [0.5, 0.6) is 0 Å². The molecule has 3 saturated carbocycles. The van der Waals surface area contributed by atoms with Crippen LogP contribution in [0.15, 0.2) is 30.3 Å². The van der Waals surface area contributed by atoms with Crippen molar-refractivity contribution in [1.82, 2.24) is 0 Å². The zero-order valence-electron chi connectivity index (χ0n) is 10.4. The molecule has 1 aromatic rings. The van der Waals surface area contributed by atoms with Crippen molar-refractivity contribution in [2.45, 2.75) is 31.6 Å². The van der Waals surface area contributed by atoms with Gasteiger partial charge in [0.1, 0.15) is 0 Å². The zero-order valence-corrected chi connectivity index (χ0v) is 10.4. The Morgan fingerprint density at radius 1 is 1.11 bits per heavy atom. The first-order chi connectivity index (χ1) is 8.71. The maximum atomic E-state index is 11.7. The average molecular weight is 242 g/mol. The van der Waals surface area contributed by atoms with Crippen molar-refractivity contribution < 1.29 is 9.90 Å². The van der Waals surface area contributed by atoms with Gasteiger partial charge in [-0.2, -0.15) is 0 Å². The highest BCUT2D eigenvalue weighted by Crippen LogP contribution is 2.70. The third-order valence-corrected chi connectivity index (χ3v) is 5.48. The topological polar surface area (TPSA) is 37.3 Å². The maximum absolute atomic E-state index is 11.7. The summed E-state index contributed by atoms with van der Waals surface area (Å²) in [6.07, 6.45) is 4.26. The summed E-state index contributed by atoms with van der Waals surface area (Å²) in [5, 5.41) is 9.68. The van der Waals surface area contributed by atoms with Gasteiger partial charge in [-0.3, -0.25) is 4.79 Å². The second kappa shape index (κ2) is 3.37. The van der Waals surface area contributed by atoms with Gasteiger partial charge in [0.25, 0.3) is 0 Å². The third-order valence-electron chi connectivity index (χ3n) is 5.48. The molecule has 3 aliphatic rings. The molecule has 2 heteroatoms. The summed E-state index contributed by atoms with van der Waals surface area (Å²) in [5.74, 6) is 1.83. The molecule has 3 aliphatic carbocycles. The Morgan fingerprint density at radius 2 is 1.78 bits per heavy atom. The molecule has 0 amide bonds. The van der Waals surface area contributed by atoms with Gasteiger partial charge >= 0.3 is 5.97 Å². The van der Waals surface area contributed by atoms with Gasteiger partial charge < -0.3 is 5.11 Å². The number of benzene rings is 1. The van der Waals surface area contributed by atoms with Gasteiger partial charge in [0.15, 0.2) is 0 Å². The lowest BCUT2D eigenvalue weighted by Gasteiger charge is -2.26. The van der Waals surface area contributed by atoms with Gasteiger partial charge in [-0.05, 0) is 54.9 Å². The average Bonchev–Trinajstić information content (AvgIpc) is 3.29. The van der Waals surface area contributed by atoms with E-state index in [0.29, 0.717) is 11.8 Å². The normalized spacial score (nSPS) is 44.4. The summed E-state index contributed by atoms with van der Waals surface area (Å²) in [4.78, 5) is 11.7. The Bertz CT molecular complexity index is 483. The minimum absolute atomic E-state index is 0.381. The highest BCUT2D eigenvalue weighted by molar-refractivity contribution is 5.77. The fourth-order valence-corrected chi connectivity index (χ4v) is 4.34. The molecule has 0 radical (unpaired) electrons. The second-order valence-corrected chi connectivity index (χ2v) is 6.48. The Balaban J connectivity index is 1.59. The zero-order chi connectivity index (χ0) is 12.3. The molecule has 0 aromatic heterocycles. The SMILES string of the molecule is O=C(O)C1(C2CC2c2ccccc2)CC2CC2C1. The van der Waals surface area contributed by atoms with Crippen LogP contribution in [0.4, 0.5) is 0 Å². The molecule has 0 heterocycles. The molecular formula is C16H18O2. The summed E-state index contributed by atoms with van der Waals surface area (Å²) >= 11 is 0. The number of carbonyl (C=O) groups is 1. The number of hydrogen-bond donors (Lipinski definition) is 1. The van der Waals surface area contributed by atoms with Crippen molar-refractivity contribution in [2.24, 2.45) is 23.2 Å². The molecule has 1 aromatic carbocycles. The molecule has 0 spiro atoms. The minimum Gasteiger partial charge on any atom is -0.481 e. The van der Waals surface area contributed by atoms with Gasteiger partial charge in [0.05, 0.1) is 5.41 Å². The van der Waals surface area contributed by atoms with Crippen LogP contribution in [0.2, 0.25) is 0 Å². The molecule has 0 aliphatic heterocycles. The van der Waals surface area contributed by atoms with Crippen LogP contribution in [-0.2, 0) is 4.79 Å². The molecule has 0 bridgehead atoms. The van der Waals surface area contributed by atoms with Crippen LogP contribution >= 0.6 is 0 Å². The summed E-state index contributed by atoms with van der Waals surface area (Å²) in [6, 6.07) is 10.4. The number of hydrogen-bond acceptors (Lipinski definition) is 1. The van der Waals surface area contributed by atoms with Crippen LogP contribution in [0.3, 0.4) is 0 Å². The number of carboxylic acid groups (broad SMARTS) is 1. The lowest BCUT2D eigenvalue weighted by atomic mass is 9.77. The largest absolute Gasteiger partial charge is 0.481 e. The molecule has 94 valence electrons. The summed E-state index contributed by atoms with van der Waals surface area (Å²) in [7, 11) is 0. The smallest absolute Gasteiger partial charge is 0.309 e. The van der Waals surface area contributed by atoms with Crippen molar-refractivity contribution in [2.75, 3.05) is 0 Å². The van der Waals surface area contributed by atoms with E-state index in [1.807, 2.05) is 6.07 Å². The highest BCUT2D eigenvalue weighted by Gasteiger charge is 2.65. The summed E-state index contributed by atoms with van der Waals surface area (Å²) < 4.78 is 0. The minimum atomic E-state index is -0.530. The van der Waals surface area contributed by atoms with E-state index in [1.165, 1.54) is 12.0 Å². The number of aliphatic carboxylic acids is 1. The van der Waals surface area contributed by atoms with E-state index in [2.05, 4.69) is 24.3 Å². The van der Waals surface area contributed by atoms with Gasteiger partial charge in [0.2, 0.25) is 0 Å². The monoisotopic (exact) mass is 242 g/mol. The maximum Gasteiger partial charge on any atom is 0.309 e. The molecule has 1 N–H and O–H groups in total. The van der Waals surface area contributed by atoms with Crippen molar-refractivity contribution in [3.05, 3.63) is 35.9 Å². The summed E-state index contributed by atoms with van der Waals surface area (Å²) in [5.41, 5.74) is 0.956. The Morgan fingerprint density at radius 3 is 2.39 bits per heavy atom. The second-order valence-electron chi connectivity index (χ2n) is 6.48. The first kappa shape index (κ1) is 10.6. The molecule has 4 atom stereocenters. The van der Waals surface area contributed by atoms with Crippen molar-refractivity contribution in [3.63, 3.8) is 0 Å². The number of carboxylic acids is 1.